The van der Waals surface area contributed by atoms with Crippen LogP contribution in [0.4, 0.5) is 5.69 Å². The summed E-state index contributed by atoms with van der Waals surface area (Å²) in [5.41, 5.74) is 4.74. The van der Waals surface area contributed by atoms with Crippen molar-refractivity contribution in [2.45, 2.75) is 75.8 Å². The number of fused-ring (bicyclic) bond motifs is 1. The lowest BCUT2D eigenvalue weighted by Crippen LogP contribution is -2.55. The van der Waals surface area contributed by atoms with Crippen LogP contribution in [0.25, 0.3) is 28.2 Å². The van der Waals surface area contributed by atoms with E-state index in [0.29, 0.717) is 35.6 Å². The predicted molar refractivity (Wildman–Crippen MR) is 188 cm³/mol. The molecule has 1 aromatic heterocycles. The number of carbonyl (C=O) groups is 4. The van der Waals surface area contributed by atoms with Crippen LogP contribution in [0.15, 0.2) is 78.9 Å². The van der Waals surface area contributed by atoms with E-state index in [1.807, 2.05) is 36.4 Å². The van der Waals surface area contributed by atoms with Gasteiger partial charge in [0.15, 0.2) is 0 Å². The normalized spacial score (nSPS) is 16.2. The number of nitrogens with one attached hydrogen (secondary N) is 3. The van der Waals surface area contributed by atoms with E-state index >= 15 is 0 Å². The van der Waals surface area contributed by atoms with E-state index in [9.17, 15) is 19.2 Å². The Labute approximate surface area is 280 Å². The highest BCUT2D eigenvalue weighted by Crippen LogP contribution is 2.44. The first kappa shape index (κ1) is 32.7. The summed E-state index contributed by atoms with van der Waals surface area (Å²) in [4.78, 5) is 51.5. The van der Waals surface area contributed by atoms with Gasteiger partial charge in [0.1, 0.15) is 12.1 Å². The molecule has 248 valence electrons. The second kappa shape index (κ2) is 14.3. The summed E-state index contributed by atoms with van der Waals surface area (Å²) in [7, 11) is 1.63. The van der Waals surface area contributed by atoms with Crippen LogP contribution in [0.3, 0.4) is 0 Å². The molecule has 2 fully saturated rings. The summed E-state index contributed by atoms with van der Waals surface area (Å²) < 4.78 is 2.05. The van der Waals surface area contributed by atoms with Crippen LogP contribution in [0, 0.1) is 0 Å². The number of hydrogen-bond acceptors (Lipinski definition) is 4. The molecule has 9 heteroatoms. The molecule has 0 bridgehead atoms. The van der Waals surface area contributed by atoms with Crippen molar-refractivity contribution in [3.05, 3.63) is 95.6 Å². The molecule has 9 nitrogen and oxygen atoms in total. The molecule has 0 spiro atoms. The third-order valence-corrected chi connectivity index (χ3v) is 9.84. The van der Waals surface area contributed by atoms with Crippen molar-refractivity contribution in [1.29, 1.82) is 0 Å². The average molecular weight is 647 g/mol. The first-order valence-corrected chi connectivity index (χ1v) is 16.9. The number of carboxylic acid groups (broad SMARTS) is 1. The Morgan fingerprint density at radius 3 is 2.27 bits per heavy atom. The highest BCUT2D eigenvalue weighted by molar-refractivity contribution is 6.06. The Balaban J connectivity index is 1.34. The molecule has 4 N–H and O–H groups in total. The smallest absolute Gasteiger partial charge is 0.328 e. The van der Waals surface area contributed by atoms with Crippen molar-refractivity contribution in [1.82, 2.24) is 15.2 Å². The maximum Gasteiger partial charge on any atom is 0.328 e. The third kappa shape index (κ3) is 6.90. The molecule has 6 rings (SSSR count). The standard InChI is InChI=1S/C39H42N4O5/c1-40-33(44)25-43-32-24-29(17-20-31(32)35(27-10-4-2-5-11-27)36(43)28-12-6-3-7-13-28)37(47)42-39(22-8-9-23-39)38(48)41-30-18-14-26(15-19-30)16-21-34(45)46/h3,6-7,12-21,24,27H,2,4-5,8-11,22-23,25H2,1H3,(H,40,44)(H,41,48)(H,42,47)(H,45,46)/b21-16+. The molecular formula is C39H42N4O5. The molecular weight excluding hydrogens is 604 g/mol. The van der Waals surface area contributed by atoms with Gasteiger partial charge in [-0.3, -0.25) is 14.4 Å². The fourth-order valence-electron chi connectivity index (χ4n) is 7.39. The van der Waals surface area contributed by atoms with Gasteiger partial charge in [-0.05, 0) is 78.6 Å². The topological polar surface area (TPSA) is 130 Å². The second-order valence-corrected chi connectivity index (χ2v) is 12.9. The number of benzene rings is 3. The van der Waals surface area contributed by atoms with E-state index in [1.165, 1.54) is 18.1 Å². The Morgan fingerprint density at radius 1 is 0.896 bits per heavy atom. The number of anilines is 1. The van der Waals surface area contributed by atoms with E-state index in [4.69, 9.17) is 5.11 Å². The van der Waals surface area contributed by atoms with Crippen LogP contribution in [0.1, 0.15) is 85.2 Å². The number of rotatable bonds is 10. The van der Waals surface area contributed by atoms with Crippen molar-refractivity contribution in [2.75, 3.05) is 12.4 Å². The van der Waals surface area contributed by atoms with Gasteiger partial charge in [0.2, 0.25) is 11.8 Å². The molecule has 2 saturated carbocycles. The molecule has 3 amide bonds. The maximum absolute atomic E-state index is 14.0. The molecule has 0 unspecified atom stereocenters. The van der Waals surface area contributed by atoms with Crippen molar-refractivity contribution >= 4 is 46.4 Å². The first-order valence-electron chi connectivity index (χ1n) is 16.9. The van der Waals surface area contributed by atoms with Gasteiger partial charge >= 0.3 is 5.97 Å². The van der Waals surface area contributed by atoms with Crippen LogP contribution in [-0.2, 0) is 20.9 Å². The molecule has 3 aromatic carbocycles. The minimum absolute atomic E-state index is 0.117. The fourth-order valence-corrected chi connectivity index (χ4v) is 7.39. The van der Waals surface area contributed by atoms with Crippen molar-refractivity contribution < 1.29 is 24.3 Å². The summed E-state index contributed by atoms with van der Waals surface area (Å²) in [6.07, 6.45) is 10.9. The number of amides is 3. The molecule has 48 heavy (non-hydrogen) atoms. The van der Waals surface area contributed by atoms with Crippen LogP contribution >= 0.6 is 0 Å². The SMILES string of the molecule is CNC(=O)Cn1c(-c2ccccc2)c(C2CCCCC2)c2ccc(C(=O)NC3(C(=O)Nc4ccc(/C=C/C(=O)O)cc4)CCCC3)cc21. The molecule has 1 heterocycles. The maximum atomic E-state index is 14.0. The van der Waals surface area contributed by atoms with E-state index in [1.54, 1.807) is 31.3 Å². The van der Waals surface area contributed by atoms with Gasteiger partial charge in [0, 0.05) is 29.8 Å². The Kier molecular flexibility index (Phi) is 9.75. The van der Waals surface area contributed by atoms with E-state index < -0.39 is 11.5 Å². The molecule has 0 radical (unpaired) electrons. The molecule has 0 aliphatic heterocycles. The zero-order valence-electron chi connectivity index (χ0n) is 27.3. The lowest BCUT2D eigenvalue weighted by Gasteiger charge is -2.29. The lowest BCUT2D eigenvalue weighted by molar-refractivity contribution is -0.131. The molecule has 0 atom stereocenters. The van der Waals surface area contributed by atoms with E-state index in [2.05, 4.69) is 32.7 Å². The van der Waals surface area contributed by atoms with Crippen molar-refractivity contribution in [3.8, 4) is 11.3 Å². The number of aromatic nitrogens is 1. The van der Waals surface area contributed by atoms with Crippen LogP contribution in [-0.4, -0.2) is 46.0 Å². The predicted octanol–water partition coefficient (Wildman–Crippen LogP) is 6.88. The summed E-state index contributed by atoms with van der Waals surface area (Å²) in [5.74, 6) is -1.42. The molecule has 4 aromatic rings. The number of hydrogen-bond donors (Lipinski definition) is 4. The Morgan fingerprint density at radius 2 is 1.60 bits per heavy atom. The number of aliphatic carboxylic acids is 1. The van der Waals surface area contributed by atoms with Gasteiger partial charge in [-0.15, -0.1) is 0 Å². The highest BCUT2D eigenvalue weighted by atomic mass is 16.4. The summed E-state index contributed by atoms with van der Waals surface area (Å²) in [5, 5.41) is 18.8. The second-order valence-electron chi connectivity index (χ2n) is 12.9. The van der Waals surface area contributed by atoms with Gasteiger partial charge in [0.05, 0.1) is 11.2 Å². The minimum Gasteiger partial charge on any atom is -0.478 e. The number of carboxylic acids is 1. The van der Waals surface area contributed by atoms with E-state index in [0.717, 1.165) is 66.8 Å². The van der Waals surface area contributed by atoms with Crippen molar-refractivity contribution in [2.24, 2.45) is 0 Å². The summed E-state index contributed by atoms with van der Waals surface area (Å²) >= 11 is 0. The number of likely N-dealkylation sites (N-methyl/N-ethyl adjacent to an activating group) is 1. The highest BCUT2D eigenvalue weighted by Gasteiger charge is 2.43. The Hall–Kier alpha value is -5.18. The zero-order valence-corrected chi connectivity index (χ0v) is 27.3. The van der Waals surface area contributed by atoms with Crippen LogP contribution in [0.5, 0.6) is 0 Å². The molecule has 2 aliphatic rings. The van der Waals surface area contributed by atoms with E-state index in [-0.39, 0.29) is 24.3 Å². The van der Waals surface area contributed by atoms with Gasteiger partial charge < -0.3 is 25.6 Å². The monoisotopic (exact) mass is 646 g/mol. The number of carbonyl (C=O) groups excluding carboxylic acids is 3. The molecule has 0 saturated heterocycles. The van der Waals surface area contributed by atoms with Gasteiger partial charge in [-0.2, -0.15) is 0 Å². The third-order valence-electron chi connectivity index (χ3n) is 9.84. The lowest BCUT2D eigenvalue weighted by atomic mass is 9.81. The minimum atomic E-state index is -1.07. The fraction of sp³-hybridized carbons (Fsp3) is 0.333. The largest absolute Gasteiger partial charge is 0.478 e. The van der Waals surface area contributed by atoms with Crippen LogP contribution < -0.4 is 16.0 Å². The van der Waals surface area contributed by atoms with Crippen LogP contribution in [0.2, 0.25) is 0 Å². The Bertz CT molecular complexity index is 1850. The average Bonchev–Trinajstić information content (AvgIpc) is 3.71. The molecule has 2 aliphatic carbocycles. The summed E-state index contributed by atoms with van der Waals surface area (Å²) in [6.45, 7) is 0.117. The van der Waals surface area contributed by atoms with Gasteiger partial charge in [-0.25, -0.2) is 4.79 Å². The number of nitrogens with zero attached hydrogens (tertiary/aromatic N) is 1. The quantitative estimate of drug-likeness (QED) is 0.140. The zero-order chi connectivity index (χ0) is 33.7. The van der Waals surface area contributed by atoms with Gasteiger partial charge in [0.25, 0.3) is 5.91 Å². The first-order chi connectivity index (χ1) is 23.3. The van der Waals surface area contributed by atoms with Gasteiger partial charge in [-0.1, -0.05) is 80.6 Å². The summed E-state index contributed by atoms with van der Waals surface area (Å²) in [6, 6.07) is 22.8. The van der Waals surface area contributed by atoms with Crippen molar-refractivity contribution in [3.63, 3.8) is 0 Å².